The molecule has 3 aromatic rings. The molecule has 0 radical (unpaired) electrons. The summed E-state index contributed by atoms with van der Waals surface area (Å²) in [4.78, 5) is 46.0. The Labute approximate surface area is 212 Å². The van der Waals surface area contributed by atoms with Gasteiger partial charge >= 0.3 is 0 Å². The maximum absolute atomic E-state index is 11.5. The van der Waals surface area contributed by atoms with E-state index in [2.05, 4.69) is 0 Å². The van der Waals surface area contributed by atoms with E-state index in [1.165, 1.54) is 36.0 Å². The largest absolute Gasteiger partial charge is 0.334 e. The molecule has 0 saturated heterocycles. The Hall–Kier alpha value is -4.85. The van der Waals surface area contributed by atoms with Crippen molar-refractivity contribution in [2.45, 2.75) is 13.8 Å². The molecule has 0 aliphatic carbocycles. The summed E-state index contributed by atoms with van der Waals surface area (Å²) in [7, 11) is 0. The van der Waals surface area contributed by atoms with Crippen LogP contribution in [0.25, 0.3) is 22.3 Å². The quantitative estimate of drug-likeness (QED) is 0.248. The summed E-state index contributed by atoms with van der Waals surface area (Å²) in [5.74, 6) is 0.426. The molecule has 13 nitrogen and oxygen atoms in total. The van der Waals surface area contributed by atoms with Crippen LogP contribution in [-0.4, -0.2) is 25.6 Å². The van der Waals surface area contributed by atoms with Crippen LogP contribution in [-0.2, 0) is 0 Å². The average molecular weight is 523 g/mol. The van der Waals surface area contributed by atoms with Gasteiger partial charge in [0, 0.05) is 46.0 Å². The third-order valence-electron chi connectivity index (χ3n) is 5.90. The van der Waals surface area contributed by atoms with E-state index in [1.54, 1.807) is 18.2 Å². The van der Waals surface area contributed by atoms with Gasteiger partial charge in [-0.25, -0.2) is 0 Å². The van der Waals surface area contributed by atoms with Crippen molar-refractivity contribution in [2.24, 2.45) is 0 Å². The van der Waals surface area contributed by atoms with Crippen molar-refractivity contribution in [3.8, 4) is 22.3 Å². The summed E-state index contributed by atoms with van der Waals surface area (Å²) in [6, 6.07) is 11.4. The first-order chi connectivity index (χ1) is 17.5. The van der Waals surface area contributed by atoms with Crippen LogP contribution in [0.5, 0.6) is 0 Å². The summed E-state index contributed by atoms with van der Waals surface area (Å²) in [5, 5.41) is 46.1. The summed E-state index contributed by atoms with van der Waals surface area (Å²) in [6.07, 6.45) is 0. The molecule has 0 bridgehead atoms. The number of nitro benzene ring substituents is 4. The Morgan fingerprint density at radius 1 is 0.676 bits per heavy atom. The third kappa shape index (κ3) is 4.81. The minimum absolute atomic E-state index is 0.181. The molecule has 14 heteroatoms. The number of thioether (sulfide) groups is 1. The number of hydrogen-bond donors (Lipinski definition) is 0. The summed E-state index contributed by atoms with van der Waals surface area (Å²) in [5.41, 5.74) is 0.488. The fourth-order valence-electron chi connectivity index (χ4n) is 4.01. The molecule has 0 amide bonds. The molecule has 1 aliphatic rings. The zero-order valence-corrected chi connectivity index (χ0v) is 20.1. The van der Waals surface area contributed by atoms with Crippen LogP contribution >= 0.6 is 11.8 Å². The lowest BCUT2D eigenvalue weighted by Crippen LogP contribution is -2.18. The molecule has 0 fully saturated rings. The Morgan fingerprint density at radius 2 is 1.05 bits per heavy atom. The summed E-state index contributed by atoms with van der Waals surface area (Å²) < 4.78 is 0. The van der Waals surface area contributed by atoms with Gasteiger partial charge < -0.3 is 4.90 Å². The van der Waals surface area contributed by atoms with Crippen LogP contribution in [0.4, 0.5) is 28.4 Å². The van der Waals surface area contributed by atoms with Crippen molar-refractivity contribution >= 4 is 40.2 Å². The van der Waals surface area contributed by atoms with Crippen molar-refractivity contribution in [1.82, 2.24) is 0 Å². The number of benzene rings is 3. The van der Waals surface area contributed by atoms with Gasteiger partial charge in [0.05, 0.1) is 43.4 Å². The van der Waals surface area contributed by atoms with Crippen molar-refractivity contribution in [3.05, 3.63) is 106 Å². The molecule has 0 aromatic heterocycles. The minimum Gasteiger partial charge on any atom is -0.334 e. The normalized spacial score (nSPS) is 13.1. The number of nitrogens with zero attached hydrogens (tertiary/aromatic N) is 5. The van der Waals surface area contributed by atoms with Crippen molar-refractivity contribution in [1.29, 1.82) is 0 Å². The summed E-state index contributed by atoms with van der Waals surface area (Å²) >= 11 is 1.52. The lowest BCUT2D eigenvalue weighted by atomic mass is 9.94. The fraction of sp³-hybridized carbons (Fsp3) is 0.130. The topological polar surface area (TPSA) is 176 Å². The Morgan fingerprint density at radius 3 is 1.35 bits per heavy atom. The number of hydrogen-bond acceptors (Lipinski definition) is 10. The van der Waals surface area contributed by atoms with Gasteiger partial charge in [-0.2, -0.15) is 0 Å². The molecular formula is C23H17N5O8S. The first kappa shape index (κ1) is 25.2. The van der Waals surface area contributed by atoms with E-state index in [0.717, 1.165) is 22.7 Å². The maximum atomic E-state index is 11.5. The Bertz CT molecular complexity index is 1380. The van der Waals surface area contributed by atoms with E-state index in [4.69, 9.17) is 0 Å². The van der Waals surface area contributed by atoms with Crippen LogP contribution in [0.3, 0.4) is 0 Å². The zero-order valence-electron chi connectivity index (χ0n) is 19.3. The minimum atomic E-state index is -0.731. The standard InChI is InChI=1S/C23H17N5O8S/c1-13-14(2)37-12-24(13)23-21(15-6-17(25(29)30)10-18(7-15)26(31)32)4-3-5-22(23)16-8-19(27(33)34)11-20(9-16)28(35)36/h3-11H,12H2,1-2H3. The molecule has 3 aromatic carbocycles. The zero-order chi connectivity index (χ0) is 27.0. The highest BCUT2D eigenvalue weighted by Crippen LogP contribution is 2.47. The molecule has 188 valence electrons. The predicted octanol–water partition coefficient (Wildman–Crippen LogP) is 6.42. The van der Waals surface area contributed by atoms with Crippen molar-refractivity contribution in [2.75, 3.05) is 10.8 Å². The fourth-order valence-corrected chi connectivity index (χ4v) is 4.97. The second-order valence-corrected chi connectivity index (χ2v) is 9.21. The number of nitro groups is 4. The second kappa shape index (κ2) is 9.66. The highest BCUT2D eigenvalue weighted by molar-refractivity contribution is 8.03. The summed E-state index contributed by atoms with van der Waals surface area (Å²) in [6.45, 7) is 3.75. The van der Waals surface area contributed by atoms with Gasteiger partial charge in [-0.1, -0.05) is 18.2 Å². The number of allylic oxidation sites excluding steroid dienone is 2. The molecule has 0 spiro atoms. The van der Waals surface area contributed by atoms with Gasteiger partial charge in [-0.15, -0.1) is 11.8 Å². The molecular weight excluding hydrogens is 506 g/mol. The van der Waals surface area contributed by atoms with E-state index in [-0.39, 0.29) is 11.1 Å². The van der Waals surface area contributed by atoms with Crippen LogP contribution in [0.15, 0.2) is 65.2 Å². The third-order valence-corrected chi connectivity index (χ3v) is 7.02. The van der Waals surface area contributed by atoms with Gasteiger partial charge in [-0.05, 0) is 25.0 Å². The molecule has 0 saturated carbocycles. The number of anilines is 1. The van der Waals surface area contributed by atoms with Crippen LogP contribution in [0.2, 0.25) is 0 Å². The molecule has 0 atom stereocenters. The van der Waals surface area contributed by atoms with Gasteiger partial charge in [0.25, 0.3) is 22.7 Å². The van der Waals surface area contributed by atoms with Gasteiger partial charge in [0.2, 0.25) is 0 Å². The predicted molar refractivity (Wildman–Crippen MR) is 137 cm³/mol. The van der Waals surface area contributed by atoms with E-state index in [0.29, 0.717) is 22.7 Å². The monoisotopic (exact) mass is 523 g/mol. The molecule has 4 rings (SSSR count). The molecule has 0 unspecified atom stereocenters. The van der Waals surface area contributed by atoms with Crippen molar-refractivity contribution < 1.29 is 19.7 Å². The van der Waals surface area contributed by atoms with Crippen LogP contribution in [0.1, 0.15) is 13.8 Å². The SMILES string of the molecule is CC1=C(C)N(c2c(-c3cc([N+](=O)[O-])cc([N+](=O)[O-])c3)cccc2-c2cc([N+](=O)[O-])cc([N+](=O)[O-])c2)CS1. The number of para-hydroxylation sites is 1. The van der Waals surface area contributed by atoms with Gasteiger partial charge in [-0.3, -0.25) is 40.5 Å². The van der Waals surface area contributed by atoms with E-state index >= 15 is 0 Å². The number of rotatable bonds is 7. The Balaban J connectivity index is 2.08. The maximum Gasteiger partial charge on any atom is 0.276 e. The van der Waals surface area contributed by atoms with Crippen LogP contribution < -0.4 is 4.90 Å². The average Bonchev–Trinajstić information content (AvgIpc) is 3.20. The lowest BCUT2D eigenvalue weighted by Gasteiger charge is -2.26. The second-order valence-electron chi connectivity index (χ2n) is 8.05. The van der Waals surface area contributed by atoms with Crippen LogP contribution in [0, 0.1) is 40.5 Å². The van der Waals surface area contributed by atoms with Gasteiger partial charge in [0.1, 0.15) is 0 Å². The first-order valence-electron chi connectivity index (χ1n) is 10.6. The first-order valence-corrected chi connectivity index (χ1v) is 11.6. The smallest absolute Gasteiger partial charge is 0.276 e. The van der Waals surface area contributed by atoms with E-state index < -0.39 is 42.4 Å². The Kier molecular flexibility index (Phi) is 6.59. The molecule has 37 heavy (non-hydrogen) atoms. The number of non-ortho nitro benzene ring substituents is 4. The molecule has 1 heterocycles. The molecule has 1 aliphatic heterocycles. The van der Waals surface area contributed by atoms with Crippen molar-refractivity contribution in [3.63, 3.8) is 0 Å². The van der Waals surface area contributed by atoms with E-state index in [9.17, 15) is 40.5 Å². The molecule has 0 N–H and O–H groups in total. The van der Waals surface area contributed by atoms with Gasteiger partial charge in [0.15, 0.2) is 0 Å². The van der Waals surface area contributed by atoms with E-state index in [1.807, 2.05) is 18.7 Å². The highest BCUT2D eigenvalue weighted by Gasteiger charge is 2.28. The highest BCUT2D eigenvalue weighted by atomic mass is 32.2. The lowest BCUT2D eigenvalue weighted by molar-refractivity contribution is -0.394.